The number of rotatable bonds is 4. The molecular weight excluding hydrogens is 211 g/mol. The molecule has 5 heteroatoms. The van der Waals surface area contributed by atoms with Crippen molar-refractivity contribution in [3.8, 4) is 0 Å². The van der Waals surface area contributed by atoms with E-state index in [-0.39, 0.29) is 11.9 Å². The molecule has 4 nitrogen and oxygen atoms in total. The van der Waals surface area contributed by atoms with Crippen LogP contribution < -0.4 is 5.73 Å². The summed E-state index contributed by atoms with van der Waals surface area (Å²) in [7, 11) is 0. The summed E-state index contributed by atoms with van der Waals surface area (Å²) in [5.41, 5.74) is 6.37. The first kappa shape index (κ1) is 12.4. The summed E-state index contributed by atoms with van der Waals surface area (Å²) >= 11 is 0. The Morgan fingerprint density at radius 2 is 2.19 bits per heavy atom. The van der Waals surface area contributed by atoms with Crippen LogP contribution in [0, 0.1) is 5.82 Å². The van der Waals surface area contributed by atoms with Gasteiger partial charge in [-0.2, -0.15) is 0 Å². The van der Waals surface area contributed by atoms with Gasteiger partial charge in [0.15, 0.2) is 5.84 Å². The smallest absolute Gasteiger partial charge is 0.170 e. The molecule has 1 aromatic rings. The van der Waals surface area contributed by atoms with Gasteiger partial charge in [-0.15, -0.1) is 0 Å². The van der Waals surface area contributed by atoms with E-state index in [9.17, 15) is 4.39 Å². The molecule has 0 unspecified atom stereocenters. The molecule has 3 N–H and O–H groups in total. The number of benzene rings is 1. The molecule has 1 aromatic carbocycles. The normalized spacial score (nSPS) is 12.1. The standard InChI is InChI=1S/C11H15FN2O2/c1-7(2)16-6-8-3-9(11(13)14-15)5-10(12)4-8/h3-5,7,15H,6H2,1-2H3,(H2,13,14). The van der Waals surface area contributed by atoms with E-state index >= 15 is 0 Å². The van der Waals surface area contributed by atoms with Crippen molar-refractivity contribution >= 4 is 5.84 Å². The molecule has 0 saturated carbocycles. The number of hydrogen-bond donors (Lipinski definition) is 2. The van der Waals surface area contributed by atoms with E-state index in [1.54, 1.807) is 6.07 Å². The SMILES string of the molecule is CC(C)OCc1cc(F)cc(/C(N)=N/O)c1. The van der Waals surface area contributed by atoms with Crippen LogP contribution in [-0.2, 0) is 11.3 Å². The zero-order valence-electron chi connectivity index (χ0n) is 9.27. The molecule has 1 rings (SSSR count). The van der Waals surface area contributed by atoms with E-state index in [4.69, 9.17) is 15.7 Å². The number of ether oxygens (including phenoxy) is 1. The Morgan fingerprint density at radius 1 is 1.50 bits per heavy atom. The van der Waals surface area contributed by atoms with Crippen molar-refractivity contribution in [2.45, 2.75) is 26.6 Å². The van der Waals surface area contributed by atoms with Gasteiger partial charge in [0.25, 0.3) is 0 Å². The van der Waals surface area contributed by atoms with Crippen LogP contribution in [0.5, 0.6) is 0 Å². The largest absolute Gasteiger partial charge is 0.409 e. The Morgan fingerprint density at radius 3 is 2.75 bits per heavy atom. The number of nitrogens with zero attached hydrogens (tertiary/aromatic N) is 1. The van der Waals surface area contributed by atoms with Crippen LogP contribution in [0.15, 0.2) is 23.4 Å². The van der Waals surface area contributed by atoms with Crippen molar-refractivity contribution in [2.75, 3.05) is 0 Å². The molecule has 0 heterocycles. The highest BCUT2D eigenvalue weighted by molar-refractivity contribution is 5.97. The van der Waals surface area contributed by atoms with Gasteiger partial charge in [-0.3, -0.25) is 0 Å². The third-order valence-electron chi connectivity index (χ3n) is 1.94. The van der Waals surface area contributed by atoms with Crippen molar-refractivity contribution in [3.05, 3.63) is 35.1 Å². The molecule has 0 atom stereocenters. The van der Waals surface area contributed by atoms with Gasteiger partial charge >= 0.3 is 0 Å². The van der Waals surface area contributed by atoms with Crippen LogP contribution in [0.25, 0.3) is 0 Å². The summed E-state index contributed by atoms with van der Waals surface area (Å²) in [6.45, 7) is 4.08. The summed E-state index contributed by atoms with van der Waals surface area (Å²) in [5, 5.41) is 11.3. The maximum absolute atomic E-state index is 13.2. The third-order valence-corrected chi connectivity index (χ3v) is 1.94. The molecule has 0 amide bonds. The lowest BCUT2D eigenvalue weighted by atomic mass is 10.1. The summed E-state index contributed by atoms with van der Waals surface area (Å²) in [6.07, 6.45) is 0.0653. The molecule has 0 aliphatic heterocycles. The van der Waals surface area contributed by atoms with E-state index in [0.29, 0.717) is 17.7 Å². The minimum absolute atomic E-state index is 0.0653. The fraction of sp³-hybridized carbons (Fsp3) is 0.364. The second-order valence-electron chi connectivity index (χ2n) is 3.69. The maximum atomic E-state index is 13.2. The first-order chi connectivity index (χ1) is 7.52. The van der Waals surface area contributed by atoms with Crippen LogP contribution in [0.4, 0.5) is 4.39 Å². The monoisotopic (exact) mass is 226 g/mol. The van der Waals surface area contributed by atoms with Gasteiger partial charge in [0.1, 0.15) is 5.82 Å². The highest BCUT2D eigenvalue weighted by Gasteiger charge is 2.05. The molecule has 0 saturated heterocycles. The molecule has 0 spiro atoms. The van der Waals surface area contributed by atoms with Gasteiger partial charge < -0.3 is 15.7 Å². The molecule has 16 heavy (non-hydrogen) atoms. The van der Waals surface area contributed by atoms with Crippen molar-refractivity contribution in [1.82, 2.24) is 0 Å². The fourth-order valence-electron chi connectivity index (χ4n) is 1.20. The zero-order valence-corrected chi connectivity index (χ0v) is 9.27. The van der Waals surface area contributed by atoms with Crippen LogP contribution in [-0.4, -0.2) is 17.1 Å². The van der Waals surface area contributed by atoms with E-state index in [2.05, 4.69) is 5.16 Å². The highest BCUT2D eigenvalue weighted by atomic mass is 19.1. The second kappa shape index (κ2) is 5.46. The quantitative estimate of drug-likeness (QED) is 0.356. The second-order valence-corrected chi connectivity index (χ2v) is 3.69. The molecule has 0 fully saturated rings. The molecule has 88 valence electrons. The summed E-state index contributed by atoms with van der Waals surface area (Å²) < 4.78 is 18.5. The van der Waals surface area contributed by atoms with Crippen LogP contribution in [0.1, 0.15) is 25.0 Å². The summed E-state index contributed by atoms with van der Waals surface area (Å²) in [5.74, 6) is -0.559. The van der Waals surface area contributed by atoms with E-state index in [1.165, 1.54) is 12.1 Å². The Labute approximate surface area is 93.5 Å². The Kier molecular flexibility index (Phi) is 4.25. The Bertz CT molecular complexity index is 392. The molecule has 0 radical (unpaired) electrons. The fourth-order valence-corrected chi connectivity index (χ4v) is 1.20. The maximum Gasteiger partial charge on any atom is 0.170 e. The van der Waals surface area contributed by atoms with Gasteiger partial charge in [-0.1, -0.05) is 5.16 Å². The number of halogens is 1. The molecular formula is C11H15FN2O2. The lowest BCUT2D eigenvalue weighted by molar-refractivity contribution is 0.0655. The average molecular weight is 226 g/mol. The van der Waals surface area contributed by atoms with Gasteiger partial charge in [0, 0.05) is 5.56 Å². The van der Waals surface area contributed by atoms with Crippen LogP contribution in [0.2, 0.25) is 0 Å². The van der Waals surface area contributed by atoms with Crippen molar-refractivity contribution in [1.29, 1.82) is 0 Å². The van der Waals surface area contributed by atoms with E-state index in [0.717, 1.165) is 0 Å². The Balaban J connectivity index is 2.90. The minimum atomic E-state index is -0.438. The number of nitrogens with two attached hydrogens (primary N) is 1. The van der Waals surface area contributed by atoms with Crippen LogP contribution in [0.3, 0.4) is 0 Å². The highest BCUT2D eigenvalue weighted by Crippen LogP contribution is 2.11. The zero-order chi connectivity index (χ0) is 12.1. The predicted octanol–water partition coefficient (Wildman–Crippen LogP) is 1.85. The van der Waals surface area contributed by atoms with Gasteiger partial charge in [-0.05, 0) is 37.6 Å². The summed E-state index contributed by atoms with van der Waals surface area (Å²) in [4.78, 5) is 0. The number of hydrogen-bond acceptors (Lipinski definition) is 3. The third kappa shape index (κ3) is 3.51. The predicted molar refractivity (Wildman–Crippen MR) is 58.8 cm³/mol. The number of oxime groups is 1. The molecule has 0 aromatic heterocycles. The molecule has 0 aliphatic carbocycles. The minimum Gasteiger partial charge on any atom is -0.409 e. The van der Waals surface area contributed by atoms with Crippen molar-refractivity contribution in [2.24, 2.45) is 10.9 Å². The summed E-state index contributed by atoms with van der Waals surface area (Å²) in [6, 6.07) is 4.19. The lowest BCUT2D eigenvalue weighted by Gasteiger charge is -2.09. The van der Waals surface area contributed by atoms with E-state index < -0.39 is 5.82 Å². The van der Waals surface area contributed by atoms with Gasteiger partial charge in [0.2, 0.25) is 0 Å². The van der Waals surface area contributed by atoms with Crippen molar-refractivity contribution in [3.63, 3.8) is 0 Å². The first-order valence-corrected chi connectivity index (χ1v) is 4.92. The van der Waals surface area contributed by atoms with Crippen molar-refractivity contribution < 1.29 is 14.3 Å². The lowest BCUT2D eigenvalue weighted by Crippen LogP contribution is -2.14. The number of amidine groups is 1. The van der Waals surface area contributed by atoms with Gasteiger partial charge in [0.05, 0.1) is 12.7 Å². The van der Waals surface area contributed by atoms with E-state index in [1.807, 2.05) is 13.8 Å². The molecule has 0 bridgehead atoms. The first-order valence-electron chi connectivity index (χ1n) is 4.92. The van der Waals surface area contributed by atoms with Crippen LogP contribution >= 0.6 is 0 Å². The molecule has 0 aliphatic rings. The average Bonchev–Trinajstić information content (AvgIpc) is 2.24. The van der Waals surface area contributed by atoms with Gasteiger partial charge in [-0.25, -0.2) is 4.39 Å². The topological polar surface area (TPSA) is 67.8 Å². The Hall–Kier alpha value is -1.62.